The first-order chi connectivity index (χ1) is 9.56. The lowest BCUT2D eigenvalue weighted by atomic mass is 10.1. The largest absolute Gasteiger partial charge is 0.441 e. The summed E-state index contributed by atoms with van der Waals surface area (Å²) in [7, 11) is 0. The van der Waals surface area contributed by atoms with Gasteiger partial charge in [0.2, 0.25) is 0 Å². The van der Waals surface area contributed by atoms with Crippen molar-refractivity contribution >= 4 is 0 Å². The summed E-state index contributed by atoms with van der Waals surface area (Å²) < 4.78 is 19.4. The molecule has 0 amide bonds. The van der Waals surface area contributed by atoms with Gasteiger partial charge in [0.25, 0.3) is 0 Å². The third kappa shape index (κ3) is 3.90. The van der Waals surface area contributed by atoms with Gasteiger partial charge in [-0.15, -0.1) is 0 Å². The minimum Gasteiger partial charge on any atom is -0.441 e. The molecule has 0 radical (unpaired) electrons. The van der Waals surface area contributed by atoms with Gasteiger partial charge >= 0.3 is 0 Å². The molecule has 1 N–H and O–H groups in total. The van der Waals surface area contributed by atoms with E-state index in [2.05, 4.69) is 24.1 Å². The average Bonchev–Trinajstić information content (AvgIpc) is 2.86. The Kier molecular flexibility index (Phi) is 4.90. The Morgan fingerprint density at radius 1 is 1.35 bits per heavy atom. The van der Waals surface area contributed by atoms with Crippen LogP contribution in [0.1, 0.15) is 31.7 Å². The van der Waals surface area contributed by atoms with Crippen molar-refractivity contribution in [2.24, 2.45) is 0 Å². The molecule has 2 aromatic rings. The number of rotatable bonds is 6. The lowest BCUT2D eigenvalue weighted by Crippen LogP contribution is -2.23. The standard InChI is InChI=1S/C16H21FN2O/c1-11(2)18-8-4-5-16-19-10-15(20-16)13-9-12(3)6-7-14(13)17/h6-7,9-11,18H,4-5,8H2,1-3H3. The molecule has 0 spiro atoms. The number of aryl methyl sites for hydroxylation is 2. The zero-order chi connectivity index (χ0) is 14.5. The van der Waals surface area contributed by atoms with Crippen LogP contribution >= 0.6 is 0 Å². The monoisotopic (exact) mass is 276 g/mol. The van der Waals surface area contributed by atoms with Crippen molar-refractivity contribution in [2.45, 2.75) is 39.7 Å². The number of hydrogen-bond acceptors (Lipinski definition) is 3. The van der Waals surface area contributed by atoms with E-state index in [0.717, 1.165) is 24.9 Å². The Balaban J connectivity index is 2.00. The molecule has 0 aliphatic rings. The van der Waals surface area contributed by atoms with Crippen LogP contribution in [0.25, 0.3) is 11.3 Å². The molecule has 4 heteroatoms. The molecular weight excluding hydrogens is 255 g/mol. The van der Waals surface area contributed by atoms with Crippen molar-refractivity contribution in [3.8, 4) is 11.3 Å². The van der Waals surface area contributed by atoms with Crippen LogP contribution in [0.3, 0.4) is 0 Å². The highest BCUT2D eigenvalue weighted by Gasteiger charge is 2.11. The molecule has 0 unspecified atom stereocenters. The lowest BCUT2D eigenvalue weighted by molar-refractivity contribution is 0.482. The molecule has 0 bridgehead atoms. The first-order valence-electron chi connectivity index (χ1n) is 7.01. The minimum atomic E-state index is -0.278. The SMILES string of the molecule is Cc1ccc(F)c(-c2cnc(CCCNC(C)C)o2)c1. The second kappa shape index (κ2) is 6.66. The van der Waals surface area contributed by atoms with Gasteiger partial charge < -0.3 is 9.73 Å². The summed E-state index contributed by atoms with van der Waals surface area (Å²) in [6.07, 6.45) is 3.31. The summed E-state index contributed by atoms with van der Waals surface area (Å²) >= 11 is 0. The molecule has 0 aliphatic carbocycles. The maximum atomic E-state index is 13.8. The minimum absolute atomic E-state index is 0.278. The van der Waals surface area contributed by atoms with Gasteiger partial charge in [-0.05, 0) is 32.0 Å². The van der Waals surface area contributed by atoms with Gasteiger partial charge in [-0.25, -0.2) is 9.37 Å². The maximum absolute atomic E-state index is 13.8. The van der Waals surface area contributed by atoms with E-state index >= 15 is 0 Å². The van der Waals surface area contributed by atoms with Crippen LogP contribution in [-0.2, 0) is 6.42 Å². The normalized spacial score (nSPS) is 11.2. The Morgan fingerprint density at radius 3 is 2.90 bits per heavy atom. The van der Waals surface area contributed by atoms with Gasteiger partial charge in [0, 0.05) is 12.5 Å². The average molecular weight is 276 g/mol. The number of oxazole rings is 1. The van der Waals surface area contributed by atoms with E-state index in [4.69, 9.17) is 4.42 Å². The maximum Gasteiger partial charge on any atom is 0.194 e. The van der Waals surface area contributed by atoms with Crippen LogP contribution in [0.5, 0.6) is 0 Å². The predicted octanol–water partition coefficient (Wildman–Crippen LogP) is 3.72. The van der Waals surface area contributed by atoms with E-state index in [9.17, 15) is 4.39 Å². The van der Waals surface area contributed by atoms with Crippen LogP contribution in [0.2, 0.25) is 0 Å². The number of benzene rings is 1. The molecular formula is C16H21FN2O. The molecule has 1 aromatic heterocycles. The molecule has 108 valence electrons. The van der Waals surface area contributed by atoms with Crippen molar-refractivity contribution < 1.29 is 8.81 Å². The van der Waals surface area contributed by atoms with E-state index in [1.54, 1.807) is 18.3 Å². The molecule has 0 saturated heterocycles. The molecule has 0 fully saturated rings. The van der Waals surface area contributed by atoms with E-state index < -0.39 is 0 Å². The summed E-state index contributed by atoms with van der Waals surface area (Å²) in [6, 6.07) is 5.46. The second-order valence-electron chi connectivity index (χ2n) is 5.31. The van der Waals surface area contributed by atoms with Crippen molar-refractivity contribution in [1.29, 1.82) is 0 Å². The number of nitrogens with zero attached hydrogens (tertiary/aromatic N) is 1. The predicted molar refractivity (Wildman–Crippen MR) is 78.1 cm³/mol. The Bertz CT molecular complexity index is 563. The molecule has 1 aromatic carbocycles. The van der Waals surface area contributed by atoms with Gasteiger partial charge in [-0.2, -0.15) is 0 Å². The second-order valence-corrected chi connectivity index (χ2v) is 5.31. The quantitative estimate of drug-likeness (QED) is 0.817. The van der Waals surface area contributed by atoms with Crippen LogP contribution in [0.4, 0.5) is 4.39 Å². The first kappa shape index (κ1) is 14.7. The fourth-order valence-corrected chi connectivity index (χ4v) is 2.01. The molecule has 0 aliphatic heterocycles. The molecule has 0 saturated carbocycles. The highest BCUT2D eigenvalue weighted by molar-refractivity contribution is 5.58. The Labute approximate surface area is 119 Å². The molecule has 3 nitrogen and oxygen atoms in total. The van der Waals surface area contributed by atoms with Crippen molar-refractivity contribution in [1.82, 2.24) is 10.3 Å². The summed E-state index contributed by atoms with van der Waals surface area (Å²) in [5, 5.41) is 3.34. The van der Waals surface area contributed by atoms with E-state index in [-0.39, 0.29) is 5.82 Å². The van der Waals surface area contributed by atoms with E-state index in [1.165, 1.54) is 6.07 Å². The fraction of sp³-hybridized carbons (Fsp3) is 0.438. The lowest BCUT2D eigenvalue weighted by Gasteiger charge is -2.06. The highest BCUT2D eigenvalue weighted by Crippen LogP contribution is 2.24. The van der Waals surface area contributed by atoms with Gasteiger partial charge in [0.05, 0.1) is 11.8 Å². The van der Waals surface area contributed by atoms with Crippen LogP contribution in [-0.4, -0.2) is 17.6 Å². The van der Waals surface area contributed by atoms with Gasteiger partial charge in [-0.1, -0.05) is 25.5 Å². The third-order valence-corrected chi connectivity index (χ3v) is 3.06. The topological polar surface area (TPSA) is 38.1 Å². The molecule has 2 rings (SSSR count). The Morgan fingerprint density at radius 2 is 2.15 bits per heavy atom. The van der Waals surface area contributed by atoms with Gasteiger partial charge in [0.15, 0.2) is 11.7 Å². The van der Waals surface area contributed by atoms with Crippen molar-refractivity contribution in [3.63, 3.8) is 0 Å². The zero-order valence-electron chi connectivity index (χ0n) is 12.2. The number of aromatic nitrogens is 1. The summed E-state index contributed by atoms with van der Waals surface area (Å²) in [5.41, 5.74) is 1.48. The smallest absolute Gasteiger partial charge is 0.194 e. The van der Waals surface area contributed by atoms with Gasteiger partial charge in [0.1, 0.15) is 5.82 Å². The number of hydrogen-bond donors (Lipinski definition) is 1. The summed E-state index contributed by atoms with van der Waals surface area (Å²) in [6.45, 7) is 7.08. The van der Waals surface area contributed by atoms with Crippen molar-refractivity contribution in [3.05, 3.63) is 41.7 Å². The highest BCUT2D eigenvalue weighted by atomic mass is 19.1. The van der Waals surface area contributed by atoms with Crippen LogP contribution < -0.4 is 5.32 Å². The van der Waals surface area contributed by atoms with E-state index in [1.807, 2.05) is 6.92 Å². The number of nitrogens with one attached hydrogen (secondary N) is 1. The zero-order valence-corrected chi connectivity index (χ0v) is 12.2. The van der Waals surface area contributed by atoms with Gasteiger partial charge in [-0.3, -0.25) is 0 Å². The molecule has 20 heavy (non-hydrogen) atoms. The summed E-state index contributed by atoms with van der Waals surface area (Å²) in [4.78, 5) is 4.22. The van der Waals surface area contributed by atoms with Crippen LogP contribution in [0, 0.1) is 12.7 Å². The Hall–Kier alpha value is -1.68. The van der Waals surface area contributed by atoms with Crippen LogP contribution in [0.15, 0.2) is 28.8 Å². The van der Waals surface area contributed by atoms with E-state index in [0.29, 0.717) is 23.3 Å². The molecule has 0 atom stereocenters. The molecule has 1 heterocycles. The number of halogens is 1. The fourth-order valence-electron chi connectivity index (χ4n) is 2.01. The van der Waals surface area contributed by atoms with Crippen molar-refractivity contribution in [2.75, 3.05) is 6.54 Å². The first-order valence-corrected chi connectivity index (χ1v) is 7.01. The third-order valence-electron chi connectivity index (χ3n) is 3.06. The summed E-state index contributed by atoms with van der Waals surface area (Å²) in [5.74, 6) is 0.879.